The number of thiophene rings is 1. The fourth-order valence-corrected chi connectivity index (χ4v) is 1.49. The Hall–Kier alpha value is -0.940. The highest BCUT2D eigenvalue weighted by molar-refractivity contribution is 7.13. The van der Waals surface area contributed by atoms with Crippen LogP contribution >= 0.6 is 22.9 Å². The molecule has 1 aromatic heterocycles. The SMILES string of the molecule is COC(=O)Oc1scc(Cl)c1N. The molecule has 0 aliphatic rings. The van der Waals surface area contributed by atoms with Crippen LogP contribution in [0.15, 0.2) is 5.38 Å². The summed E-state index contributed by atoms with van der Waals surface area (Å²) >= 11 is 6.75. The number of rotatable bonds is 1. The zero-order valence-electron chi connectivity index (χ0n) is 6.17. The molecule has 0 amide bonds. The summed E-state index contributed by atoms with van der Waals surface area (Å²) in [7, 11) is 1.22. The van der Waals surface area contributed by atoms with E-state index in [0.29, 0.717) is 5.02 Å². The quantitative estimate of drug-likeness (QED) is 0.717. The van der Waals surface area contributed by atoms with Gasteiger partial charge in [-0.2, -0.15) is 0 Å². The monoisotopic (exact) mass is 207 g/mol. The molecule has 0 aliphatic heterocycles. The maximum Gasteiger partial charge on any atom is 0.514 e. The van der Waals surface area contributed by atoms with E-state index >= 15 is 0 Å². The van der Waals surface area contributed by atoms with E-state index in [1.807, 2.05) is 0 Å². The van der Waals surface area contributed by atoms with Crippen LogP contribution in [-0.4, -0.2) is 13.3 Å². The maximum atomic E-state index is 10.6. The summed E-state index contributed by atoms with van der Waals surface area (Å²) in [5.41, 5.74) is 5.71. The molecule has 1 rings (SSSR count). The second kappa shape index (κ2) is 3.64. The second-order valence-corrected chi connectivity index (χ2v) is 3.09. The van der Waals surface area contributed by atoms with E-state index in [4.69, 9.17) is 17.3 Å². The largest absolute Gasteiger partial charge is 0.514 e. The summed E-state index contributed by atoms with van der Waals surface area (Å²) in [6.07, 6.45) is -0.805. The van der Waals surface area contributed by atoms with E-state index in [9.17, 15) is 4.79 Å². The molecule has 1 heterocycles. The van der Waals surface area contributed by atoms with E-state index in [2.05, 4.69) is 9.47 Å². The Balaban J connectivity index is 2.76. The third-order valence-corrected chi connectivity index (χ3v) is 2.40. The maximum absolute atomic E-state index is 10.6. The van der Waals surface area contributed by atoms with Crippen LogP contribution in [0, 0.1) is 0 Å². The van der Waals surface area contributed by atoms with Crippen LogP contribution in [0.3, 0.4) is 0 Å². The smallest absolute Gasteiger partial charge is 0.437 e. The van der Waals surface area contributed by atoms with E-state index in [-0.39, 0.29) is 10.8 Å². The Morgan fingerprint density at radius 3 is 2.83 bits per heavy atom. The normalized spacial score (nSPS) is 9.50. The summed E-state index contributed by atoms with van der Waals surface area (Å²) in [4.78, 5) is 10.6. The first kappa shape index (κ1) is 9.15. The number of halogens is 1. The van der Waals surface area contributed by atoms with Gasteiger partial charge >= 0.3 is 6.16 Å². The average molecular weight is 208 g/mol. The van der Waals surface area contributed by atoms with Crippen LogP contribution in [-0.2, 0) is 4.74 Å². The molecular formula is C6H6ClNO3S. The van der Waals surface area contributed by atoms with Crippen molar-refractivity contribution in [2.75, 3.05) is 12.8 Å². The molecule has 12 heavy (non-hydrogen) atoms. The summed E-state index contributed by atoms with van der Waals surface area (Å²) < 4.78 is 8.93. The number of hydrogen-bond donors (Lipinski definition) is 1. The molecule has 0 radical (unpaired) electrons. The van der Waals surface area contributed by atoms with Gasteiger partial charge in [0.15, 0.2) is 0 Å². The van der Waals surface area contributed by atoms with Gasteiger partial charge in [0.2, 0.25) is 5.06 Å². The minimum atomic E-state index is -0.805. The molecule has 6 heteroatoms. The molecule has 4 nitrogen and oxygen atoms in total. The van der Waals surface area contributed by atoms with Crippen molar-refractivity contribution in [2.45, 2.75) is 0 Å². The van der Waals surface area contributed by atoms with Crippen molar-refractivity contribution in [2.24, 2.45) is 0 Å². The summed E-state index contributed by atoms with van der Waals surface area (Å²) in [6, 6.07) is 0. The van der Waals surface area contributed by atoms with Crippen molar-refractivity contribution >= 4 is 34.8 Å². The van der Waals surface area contributed by atoms with Gasteiger partial charge in [0.1, 0.15) is 5.69 Å². The predicted molar refractivity (Wildman–Crippen MR) is 46.8 cm³/mol. The highest BCUT2D eigenvalue weighted by Gasteiger charge is 2.11. The third-order valence-electron chi connectivity index (χ3n) is 1.09. The van der Waals surface area contributed by atoms with Gasteiger partial charge in [0, 0.05) is 5.38 Å². The Morgan fingerprint density at radius 2 is 2.42 bits per heavy atom. The van der Waals surface area contributed by atoms with Crippen molar-refractivity contribution in [1.29, 1.82) is 0 Å². The van der Waals surface area contributed by atoms with Crippen molar-refractivity contribution in [3.8, 4) is 5.06 Å². The van der Waals surface area contributed by atoms with Gasteiger partial charge in [-0.05, 0) is 0 Å². The highest BCUT2D eigenvalue weighted by atomic mass is 35.5. The fourth-order valence-electron chi connectivity index (χ4n) is 0.526. The molecular weight excluding hydrogens is 202 g/mol. The lowest BCUT2D eigenvalue weighted by Gasteiger charge is -1.99. The molecule has 0 aromatic carbocycles. The minimum absolute atomic E-state index is 0.256. The van der Waals surface area contributed by atoms with Crippen LogP contribution in [0.2, 0.25) is 5.02 Å². The number of nitrogens with two attached hydrogens (primary N) is 1. The Labute approximate surface area is 77.8 Å². The lowest BCUT2D eigenvalue weighted by molar-refractivity contribution is 0.123. The van der Waals surface area contributed by atoms with E-state index < -0.39 is 6.16 Å². The van der Waals surface area contributed by atoms with Crippen LogP contribution in [0.4, 0.5) is 10.5 Å². The van der Waals surface area contributed by atoms with Crippen LogP contribution in [0.1, 0.15) is 0 Å². The number of nitrogen functional groups attached to an aromatic ring is 1. The second-order valence-electron chi connectivity index (χ2n) is 1.84. The summed E-state index contributed by atoms with van der Waals surface area (Å²) in [6.45, 7) is 0. The number of carbonyl (C=O) groups is 1. The Kier molecular flexibility index (Phi) is 2.78. The van der Waals surface area contributed by atoms with Gasteiger partial charge in [-0.3, -0.25) is 0 Å². The molecule has 66 valence electrons. The Bertz CT molecular complexity index is 299. The number of anilines is 1. The molecule has 0 bridgehead atoms. The predicted octanol–water partition coefficient (Wildman–Crippen LogP) is 2.13. The van der Waals surface area contributed by atoms with E-state index in [0.717, 1.165) is 11.3 Å². The van der Waals surface area contributed by atoms with Gasteiger partial charge < -0.3 is 15.2 Å². The molecule has 0 atom stereocenters. The van der Waals surface area contributed by atoms with Crippen molar-refractivity contribution < 1.29 is 14.3 Å². The average Bonchev–Trinajstić information content (AvgIpc) is 2.36. The molecule has 0 saturated heterocycles. The van der Waals surface area contributed by atoms with Crippen LogP contribution in [0.25, 0.3) is 0 Å². The first-order valence-electron chi connectivity index (χ1n) is 2.93. The van der Waals surface area contributed by atoms with Gasteiger partial charge in [-0.25, -0.2) is 4.79 Å². The van der Waals surface area contributed by atoms with Crippen molar-refractivity contribution in [3.63, 3.8) is 0 Å². The molecule has 0 unspecified atom stereocenters. The van der Waals surface area contributed by atoms with Gasteiger partial charge in [0.05, 0.1) is 12.1 Å². The highest BCUT2D eigenvalue weighted by Crippen LogP contribution is 2.36. The third kappa shape index (κ3) is 1.80. The first-order chi connectivity index (χ1) is 5.65. The van der Waals surface area contributed by atoms with Gasteiger partial charge in [0.25, 0.3) is 0 Å². The Morgan fingerprint density at radius 1 is 1.75 bits per heavy atom. The summed E-state index contributed by atoms with van der Waals surface area (Å²) in [5, 5.41) is 2.21. The topological polar surface area (TPSA) is 61.5 Å². The lowest BCUT2D eigenvalue weighted by atomic mass is 10.5. The van der Waals surface area contributed by atoms with E-state index in [1.165, 1.54) is 7.11 Å². The zero-order chi connectivity index (χ0) is 9.14. The molecule has 0 fully saturated rings. The number of hydrogen-bond acceptors (Lipinski definition) is 5. The van der Waals surface area contributed by atoms with Crippen LogP contribution in [0.5, 0.6) is 5.06 Å². The van der Waals surface area contributed by atoms with Crippen molar-refractivity contribution in [3.05, 3.63) is 10.4 Å². The number of methoxy groups -OCH3 is 1. The molecule has 0 aliphatic carbocycles. The van der Waals surface area contributed by atoms with Crippen LogP contribution < -0.4 is 10.5 Å². The fraction of sp³-hybridized carbons (Fsp3) is 0.167. The number of carbonyl (C=O) groups excluding carboxylic acids is 1. The first-order valence-corrected chi connectivity index (χ1v) is 4.19. The molecule has 0 spiro atoms. The standard InChI is InChI=1S/C6H6ClNO3S/c1-10-6(9)11-5-4(8)3(7)2-12-5/h2H,8H2,1H3. The molecule has 2 N–H and O–H groups in total. The van der Waals surface area contributed by atoms with Crippen molar-refractivity contribution in [1.82, 2.24) is 0 Å². The number of ether oxygens (including phenoxy) is 2. The summed E-state index contributed by atoms with van der Waals surface area (Å²) in [5.74, 6) is 0. The minimum Gasteiger partial charge on any atom is -0.437 e. The molecule has 1 aromatic rings. The van der Waals surface area contributed by atoms with Gasteiger partial charge in [-0.1, -0.05) is 11.6 Å². The molecule has 0 saturated carbocycles. The zero-order valence-corrected chi connectivity index (χ0v) is 7.74. The van der Waals surface area contributed by atoms with Gasteiger partial charge in [-0.15, -0.1) is 11.3 Å². The lowest BCUT2D eigenvalue weighted by Crippen LogP contribution is -2.07. The van der Waals surface area contributed by atoms with E-state index in [1.54, 1.807) is 5.38 Å².